The number of ether oxygens (including phenoxy) is 1. The molecule has 0 saturated carbocycles. The Kier molecular flexibility index (Phi) is 5.61. The van der Waals surface area contributed by atoms with Crippen molar-refractivity contribution in [2.24, 2.45) is 0 Å². The summed E-state index contributed by atoms with van der Waals surface area (Å²) in [7, 11) is 1.64. The normalized spacial score (nSPS) is 10.7. The van der Waals surface area contributed by atoms with E-state index in [1.54, 1.807) is 7.11 Å². The predicted molar refractivity (Wildman–Crippen MR) is 116 cm³/mol. The van der Waals surface area contributed by atoms with Gasteiger partial charge in [0.05, 0.1) is 23.9 Å². The van der Waals surface area contributed by atoms with Crippen LogP contribution in [0.15, 0.2) is 71.8 Å². The highest BCUT2D eigenvalue weighted by molar-refractivity contribution is 5.90. The van der Waals surface area contributed by atoms with Crippen molar-refractivity contribution in [3.63, 3.8) is 0 Å². The van der Waals surface area contributed by atoms with Crippen LogP contribution in [0.2, 0.25) is 0 Å². The molecule has 2 heterocycles. The lowest BCUT2D eigenvalue weighted by Crippen LogP contribution is -2.28. The smallest absolute Gasteiger partial charge is 0.287 e. The molecule has 152 valence electrons. The SMILES string of the molecule is COc1ccc(CNc2cc(=O)n(OCc3ccccc3)c3ncnc(C)c23)cc1. The number of nitrogens with zero attached hydrogens (tertiary/aromatic N) is 3. The highest BCUT2D eigenvalue weighted by Crippen LogP contribution is 2.23. The molecule has 0 fully saturated rings. The Bertz CT molecular complexity index is 1210. The van der Waals surface area contributed by atoms with Gasteiger partial charge in [-0.1, -0.05) is 42.5 Å². The maximum Gasteiger partial charge on any atom is 0.287 e. The first-order valence-electron chi connectivity index (χ1n) is 9.57. The molecule has 2 aromatic heterocycles. The summed E-state index contributed by atoms with van der Waals surface area (Å²) in [5.41, 5.74) is 3.59. The van der Waals surface area contributed by atoms with E-state index in [0.29, 0.717) is 17.9 Å². The van der Waals surface area contributed by atoms with Crippen LogP contribution in [0.25, 0.3) is 11.0 Å². The monoisotopic (exact) mass is 402 g/mol. The fraction of sp³-hybridized carbons (Fsp3) is 0.174. The van der Waals surface area contributed by atoms with E-state index in [1.807, 2.05) is 61.5 Å². The third-order valence-corrected chi connectivity index (χ3v) is 4.79. The van der Waals surface area contributed by atoms with Crippen LogP contribution in [-0.4, -0.2) is 21.8 Å². The van der Waals surface area contributed by atoms with Crippen LogP contribution in [0.5, 0.6) is 5.75 Å². The number of nitrogens with one attached hydrogen (secondary N) is 1. The van der Waals surface area contributed by atoms with Gasteiger partial charge < -0.3 is 14.9 Å². The molecule has 0 unspecified atom stereocenters. The van der Waals surface area contributed by atoms with Gasteiger partial charge in [0.1, 0.15) is 18.7 Å². The fourth-order valence-electron chi connectivity index (χ4n) is 3.21. The average Bonchev–Trinajstić information content (AvgIpc) is 2.78. The Labute approximate surface area is 173 Å². The number of hydrogen-bond donors (Lipinski definition) is 1. The number of hydrogen-bond acceptors (Lipinski definition) is 6. The molecule has 7 heteroatoms. The van der Waals surface area contributed by atoms with E-state index in [-0.39, 0.29) is 12.2 Å². The lowest BCUT2D eigenvalue weighted by atomic mass is 10.2. The van der Waals surface area contributed by atoms with Gasteiger partial charge in [-0.2, -0.15) is 0 Å². The van der Waals surface area contributed by atoms with E-state index in [1.165, 1.54) is 17.1 Å². The lowest BCUT2D eigenvalue weighted by molar-refractivity contribution is 0.0979. The first-order valence-corrected chi connectivity index (χ1v) is 9.57. The van der Waals surface area contributed by atoms with Crippen LogP contribution in [0.4, 0.5) is 5.69 Å². The van der Waals surface area contributed by atoms with Crippen LogP contribution in [0.1, 0.15) is 16.8 Å². The zero-order valence-corrected chi connectivity index (χ0v) is 16.8. The summed E-state index contributed by atoms with van der Waals surface area (Å²) in [4.78, 5) is 27.2. The second-order valence-corrected chi connectivity index (χ2v) is 6.81. The molecule has 0 atom stereocenters. The molecule has 0 aliphatic rings. The van der Waals surface area contributed by atoms with Gasteiger partial charge in [0.15, 0.2) is 5.65 Å². The summed E-state index contributed by atoms with van der Waals surface area (Å²) in [5.74, 6) is 0.798. The molecule has 0 amide bonds. The molecular weight excluding hydrogens is 380 g/mol. The number of aryl methyl sites for hydroxylation is 1. The molecule has 0 aliphatic carbocycles. The van der Waals surface area contributed by atoms with E-state index in [4.69, 9.17) is 9.57 Å². The standard InChI is InChI=1S/C23H22N4O3/c1-16-22-20(24-13-17-8-10-19(29-2)11-9-17)12-21(28)27(23(22)26-15-25-16)30-14-18-6-4-3-5-7-18/h3-12,15,24H,13-14H2,1-2H3. The minimum atomic E-state index is -0.297. The number of methoxy groups -OCH3 is 1. The summed E-state index contributed by atoms with van der Waals surface area (Å²) in [5, 5.41) is 4.08. The summed E-state index contributed by atoms with van der Waals surface area (Å²) >= 11 is 0. The second-order valence-electron chi connectivity index (χ2n) is 6.81. The summed E-state index contributed by atoms with van der Waals surface area (Å²) in [6, 6.07) is 19.0. The van der Waals surface area contributed by atoms with Crippen LogP contribution < -0.4 is 20.5 Å². The van der Waals surface area contributed by atoms with Gasteiger partial charge in [-0.15, -0.1) is 4.73 Å². The molecule has 4 rings (SSSR count). The van der Waals surface area contributed by atoms with Gasteiger partial charge >= 0.3 is 0 Å². The molecule has 0 saturated heterocycles. The van der Waals surface area contributed by atoms with Crippen LogP contribution >= 0.6 is 0 Å². The van der Waals surface area contributed by atoms with Crippen molar-refractivity contribution in [3.05, 3.63) is 94.2 Å². The van der Waals surface area contributed by atoms with Crippen LogP contribution in [-0.2, 0) is 13.2 Å². The lowest BCUT2D eigenvalue weighted by Gasteiger charge is -2.15. The van der Waals surface area contributed by atoms with Crippen LogP contribution in [0, 0.1) is 6.92 Å². The number of pyridine rings is 1. The van der Waals surface area contributed by atoms with Crippen molar-refractivity contribution >= 4 is 16.7 Å². The molecular formula is C23H22N4O3. The van der Waals surface area contributed by atoms with Gasteiger partial charge in [-0.3, -0.25) is 4.79 Å². The largest absolute Gasteiger partial charge is 0.497 e. The first kappa shape index (κ1) is 19.4. The summed E-state index contributed by atoms with van der Waals surface area (Å²) in [6.45, 7) is 2.69. The number of benzene rings is 2. The number of rotatable bonds is 7. The summed E-state index contributed by atoms with van der Waals surface area (Å²) in [6.07, 6.45) is 1.44. The van der Waals surface area contributed by atoms with Crippen molar-refractivity contribution in [3.8, 4) is 5.75 Å². The average molecular weight is 402 g/mol. The fourth-order valence-corrected chi connectivity index (χ4v) is 3.21. The first-order chi connectivity index (χ1) is 14.7. The molecule has 0 radical (unpaired) electrons. The molecule has 1 N–H and O–H groups in total. The Balaban J connectivity index is 1.64. The minimum Gasteiger partial charge on any atom is -0.497 e. The van der Waals surface area contributed by atoms with Crippen molar-refractivity contribution in [2.75, 3.05) is 12.4 Å². The van der Waals surface area contributed by atoms with Gasteiger partial charge in [0.2, 0.25) is 0 Å². The third-order valence-electron chi connectivity index (χ3n) is 4.79. The van der Waals surface area contributed by atoms with E-state index in [0.717, 1.165) is 28.0 Å². The van der Waals surface area contributed by atoms with Crippen molar-refractivity contribution in [1.29, 1.82) is 0 Å². The zero-order chi connectivity index (χ0) is 20.9. The highest BCUT2D eigenvalue weighted by Gasteiger charge is 2.14. The molecule has 7 nitrogen and oxygen atoms in total. The van der Waals surface area contributed by atoms with E-state index < -0.39 is 0 Å². The van der Waals surface area contributed by atoms with E-state index >= 15 is 0 Å². The Morgan fingerprint density at radius 3 is 2.50 bits per heavy atom. The van der Waals surface area contributed by atoms with Gasteiger partial charge in [-0.25, -0.2) is 9.97 Å². The topological polar surface area (TPSA) is 78.3 Å². The Morgan fingerprint density at radius 2 is 1.77 bits per heavy atom. The Hall–Kier alpha value is -3.87. The molecule has 4 aromatic rings. The second kappa shape index (κ2) is 8.65. The number of fused-ring (bicyclic) bond motifs is 1. The molecule has 0 bridgehead atoms. The van der Waals surface area contributed by atoms with E-state index in [2.05, 4.69) is 15.3 Å². The third kappa shape index (κ3) is 4.10. The van der Waals surface area contributed by atoms with Gasteiger partial charge in [0, 0.05) is 12.6 Å². The van der Waals surface area contributed by atoms with Gasteiger partial charge in [-0.05, 0) is 30.2 Å². The maximum absolute atomic E-state index is 12.8. The Morgan fingerprint density at radius 1 is 1.00 bits per heavy atom. The van der Waals surface area contributed by atoms with Gasteiger partial charge in [0.25, 0.3) is 5.56 Å². The number of anilines is 1. The maximum atomic E-state index is 12.8. The quantitative estimate of drug-likeness (QED) is 0.511. The zero-order valence-electron chi connectivity index (χ0n) is 16.8. The molecule has 0 aliphatic heterocycles. The van der Waals surface area contributed by atoms with Crippen molar-refractivity contribution < 1.29 is 9.57 Å². The molecule has 2 aromatic carbocycles. The predicted octanol–water partition coefficient (Wildman–Crippen LogP) is 3.35. The summed E-state index contributed by atoms with van der Waals surface area (Å²) < 4.78 is 6.43. The van der Waals surface area contributed by atoms with Crippen LogP contribution in [0.3, 0.4) is 0 Å². The van der Waals surface area contributed by atoms with Crippen molar-refractivity contribution in [1.82, 2.24) is 14.7 Å². The molecule has 30 heavy (non-hydrogen) atoms. The highest BCUT2D eigenvalue weighted by atomic mass is 16.7. The molecule has 0 spiro atoms. The van der Waals surface area contributed by atoms with E-state index in [9.17, 15) is 4.79 Å². The number of aromatic nitrogens is 3. The van der Waals surface area contributed by atoms with Crippen molar-refractivity contribution in [2.45, 2.75) is 20.1 Å². The minimum absolute atomic E-state index is 0.261.